The lowest BCUT2D eigenvalue weighted by Crippen LogP contribution is -2.23. The molecule has 1 aromatic heterocycles. The Hall–Kier alpha value is -2.19. The summed E-state index contributed by atoms with van der Waals surface area (Å²) >= 11 is 0. The number of ketones is 1. The first-order valence-electron chi connectivity index (χ1n) is 6.18. The molecule has 0 bridgehead atoms. The number of anilines is 1. The highest BCUT2D eigenvalue weighted by atomic mass is 32.2. The number of nitrogens with one attached hydrogen (secondary N) is 1. The Morgan fingerprint density at radius 1 is 1.43 bits per heavy atom. The molecule has 0 aliphatic heterocycles. The number of rotatable bonds is 5. The van der Waals surface area contributed by atoms with Gasteiger partial charge in [-0.3, -0.25) is 9.48 Å². The second kappa shape index (κ2) is 5.66. The molecular formula is C13H16N4O3S. The number of benzene rings is 1. The van der Waals surface area contributed by atoms with Gasteiger partial charge in [0.15, 0.2) is 5.78 Å². The van der Waals surface area contributed by atoms with Crippen LogP contribution in [0.5, 0.6) is 0 Å². The summed E-state index contributed by atoms with van der Waals surface area (Å²) in [4.78, 5) is 11.3. The lowest BCUT2D eigenvalue weighted by molar-refractivity contribution is 0.101. The van der Waals surface area contributed by atoms with Crippen molar-refractivity contribution in [2.75, 3.05) is 5.73 Å². The maximum absolute atomic E-state index is 12.2. The van der Waals surface area contributed by atoms with E-state index in [4.69, 9.17) is 5.73 Å². The van der Waals surface area contributed by atoms with Gasteiger partial charge in [0.25, 0.3) is 0 Å². The number of nitrogens with two attached hydrogens (primary N) is 1. The smallest absolute Gasteiger partial charge is 0.240 e. The molecular weight excluding hydrogens is 292 g/mol. The number of nitrogens with zero attached hydrogens (tertiary/aromatic N) is 2. The number of aryl methyl sites for hydroxylation is 1. The van der Waals surface area contributed by atoms with Gasteiger partial charge in [-0.15, -0.1) is 0 Å². The van der Waals surface area contributed by atoms with Crippen molar-refractivity contribution >= 4 is 21.6 Å². The van der Waals surface area contributed by atoms with E-state index in [-0.39, 0.29) is 17.2 Å². The number of sulfonamides is 1. The first kappa shape index (κ1) is 15.2. The maximum Gasteiger partial charge on any atom is 0.240 e. The second-order valence-electron chi connectivity index (χ2n) is 4.59. The molecule has 7 nitrogen and oxygen atoms in total. The highest BCUT2D eigenvalue weighted by molar-refractivity contribution is 7.89. The molecule has 112 valence electrons. The minimum absolute atomic E-state index is 0.0340. The fourth-order valence-electron chi connectivity index (χ4n) is 1.77. The highest BCUT2D eigenvalue weighted by Crippen LogP contribution is 2.14. The normalized spacial score (nSPS) is 11.5. The Morgan fingerprint density at radius 3 is 2.71 bits per heavy atom. The van der Waals surface area contributed by atoms with Crippen molar-refractivity contribution in [1.29, 1.82) is 0 Å². The first-order chi connectivity index (χ1) is 9.81. The van der Waals surface area contributed by atoms with Crippen LogP contribution in [-0.2, 0) is 23.6 Å². The summed E-state index contributed by atoms with van der Waals surface area (Å²) < 4.78 is 28.3. The number of nitrogen functional groups attached to an aromatic ring is 1. The predicted molar refractivity (Wildman–Crippen MR) is 78.1 cm³/mol. The van der Waals surface area contributed by atoms with Gasteiger partial charge >= 0.3 is 0 Å². The number of carbonyl (C=O) groups is 1. The van der Waals surface area contributed by atoms with E-state index in [0.717, 1.165) is 0 Å². The van der Waals surface area contributed by atoms with Crippen molar-refractivity contribution in [1.82, 2.24) is 14.5 Å². The molecule has 21 heavy (non-hydrogen) atoms. The van der Waals surface area contributed by atoms with Crippen LogP contribution >= 0.6 is 0 Å². The van der Waals surface area contributed by atoms with Crippen LogP contribution in [0.1, 0.15) is 22.8 Å². The molecule has 1 aromatic carbocycles. The Kier molecular flexibility index (Phi) is 4.10. The van der Waals surface area contributed by atoms with Crippen LogP contribution in [-0.4, -0.2) is 24.0 Å². The Balaban J connectivity index is 2.21. The minimum Gasteiger partial charge on any atom is -0.384 e. The molecule has 0 saturated carbocycles. The molecule has 0 unspecified atom stereocenters. The van der Waals surface area contributed by atoms with E-state index in [9.17, 15) is 13.2 Å². The van der Waals surface area contributed by atoms with Crippen molar-refractivity contribution < 1.29 is 13.2 Å². The lowest BCUT2D eigenvalue weighted by atomic mass is 10.2. The summed E-state index contributed by atoms with van der Waals surface area (Å²) in [5.41, 5.74) is 6.69. The molecule has 1 heterocycles. The van der Waals surface area contributed by atoms with E-state index in [1.165, 1.54) is 36.0 Å². The zero-order chi connectivity index (χ0) is 15.6. The van der Waals surface area contributed by atoms with E-state index < -0.39 is 10.0 Å². The van der Waals surface area contributed by atoms with Gasteiger partial charge < -0.3 is 5.73 Å². The molecule has 0 amide bonds. The molecule has 0 fully saturated rings. The second-order valence-corrected chi connectivity index (χ2v) is 6.35. The Labute approximate surface area is 122 Å². The van der Waals surface area contributed by atoms with Gasteiger partial charge in [0, 0.05) is 24.7 Å². The quantitative estimate of drug-likeness (QED) is 0.790. The van der Waals surface area contributed by atoms with Gasteiger partial charge in [-0.2, -0.15) is 5.10 Å². The van der Waals surface area contributed by atoms with Crippen molar-refractivity contribution in [2.45, 2.75) is 18.4 Å². The molecule has 3 N–H and O–H groups in total. The van der Waals surface area contributed by atoms with E-state index in [2.05, 4.69) is 9.82 Å². The van der Waals surface area contributed by atoms with Crippen LogP contribution in [0.2, 0.25) is 0 Å². The maximum atomic E-state index is 12.2. The number of carbonyl (C=O) groups excluding carboxylic acids is 1. The topological polar surface area (TPSA) is 107 Å². The zero-order valence-electron chi connectivity index (χ0n) is 11.7. The summed E-state index contributed by atoms with van der Waals surface area (Å²) in [5, 5.41) is 3.94. The number of aromatic nitrogens is 2. The van der Waals surface area contributed by atoms with Gasteiger partial charge in [0.05, 0.1) is 11.1 Å². The first-order valence-corrected chi connectivity index (χ1v) is 7.66. The SMILES string of the molecule is CC(=O)c1cccc(S(=O)(=O)NCc2cnn(C)c2N)c1. The molecule has 2 aromatic rings. The van der Waals surface area contributed by atoms with E-state index in [0.29, 0.717) is 16.9 Å². The average molecular weight is 308 g/mol. The van der Waals surface area contributed by atoms with Crippen LogP contribution in [0.15, 0.2) is 35.4 Å². The Bertz CT molecular complexity index is 780. The summed E-state index contributed by atoms with van der Waals surface area (Å²) in [6.45, 7) is 1.42. The third kappa shape index (κ3) is 3.29. The summed E-state index contributed by atoms with van der Waals surface area (Å²) in [6.07, 6.45) is 1.50. The lowest BCUT2D eigenvalue weighted by Gasteiger charge is -2.07. The van der Waals surface area contributed by atoms with Gasteiger partial charge in [-0.25, -0.2) is 13.1 Å². The van der Waals surface area contributed by atoms with Crippen molar-refractivity contribution in [2.24, 2.45) is 7.05 Å². The standard InChI is InChI=1S/C13H16N4O3S/c1-9(18)10-4-3-5-12(6-10)21(19,20)16-8-11-7-15-17(2)13(11)14/h3-7,16H,8,14H2,1-2H3. The number of hydrogen-bond donors (Lipinski definition) is 2. The highest BCUT2D eigenvalue weighted by Gasteiger charge is 2.16. The number of Topliss-reactive ketones (excluding diaryl/α,β-unsaturated/α-hetero) is 1. The van der Waals surface area contributed by atoms with E-state index >= 15 is 0 Å². The fraction of sp³-hybridized carbons (Fsp3) is 0.231. The Morgan fingerprint density at radius 2 is 2.14 bits per heavy atom. The summed E-state index contributed by atoms with van der Waals surface area (Å²) in [6, 6.07) is 5.88. The molecule has 0 spiro atoms. The minimum atomic E-state index is -3.72. The molecule has 0 saturated heterocycles. The zero-order valence-corrected chi connectivity index (χ0v) is 12.5. The van der Waals surface area contributed by atoms with E-state index in [1.807, 2.05) is 0 Å². The average Bonchev–Trinajstić information content (AvgIpc) is 2.77. The molecule has 0 aliphatic carbocycles. The van der Waals surface area contributed by atoms with Gasteiger partial charge in [-0.1, -0.05) is 12.1 Å². The number of hydrogen-bond acceptors (Lipinski definition) is 5. The molecule has 0 atom stereocenters. The molecule has 0 aliphatic rings. The van der Waals surface area contributed by atoms with Crippen molar-refractivity contribution in [3.63, 3.8) is 0 Å². The third-order valence-electron chi connectivity index (χ3n) is 3.07. The van der Waals surface area contributed by atoms with Crippen LogP contribution in [0.3, 0.4) is 0 Å². The van der Waals surface area contributed by atoms with Crippen LogP contribution in [0.25, 0.3) is 0 Å². The molecule has 2 rings (SSSR count). The fourth-order valence-corrected chi connectivity index (χ4v) is 2.82. The largest absolute Gasteiger partial charge is 0.384 e. The third-order valence-corrected chi connectivity index (χ3v) is 4.47. The molecule has 8 heteroatoms. The molecule has 0 radical (unpaired) electrons. The van der Waals surface area contributed by atoms with Gasteiger partial charge in [-0.05, 0) is 19.1 Å². The van der Waals surface area contributed by atoms with Gasteiger partial charge in [0.2, 0.25) is 10.0 Å². The monoisotopic (exact) mass is 308 g/mol. The van der Waals surface area contributed by atoms with E-state index in [1.54, 1.807) is 13.1 Å². The van der Waals surface area contributed by atoms with Gasteiger partial charge in [0.1, 0.15) is 5.82 Å². The van der Waals surface area contributed by atoms with Crippen LogP contribution in [0, 0.1) is 0 Å². The van der Waals surface area contributed by atoms with Crippen LogP contribution < -0.4 is 10.5 Å². The van der Waals surface area contributed by atoms with Crippen molar-refractivity contribution in [3.8, 4) is 0 Å². The summed E-state index contributed by atoms with van der Waals surface area (Å²) in [7, 11) is -2.05. The van der Waals surface area contributed by atoms with Crippen LogP contribution in [0.4, 0.5) is 5.82 Å². The van der Waals surface area contributed by atoms with Crippen molar-refractivity contribution in [3.05, 3.63) is 41.6 Å². The summed E-state index contributed by atoms with van der Waals surface area (Å²) in [5.74, 6) is 0.207. The predicted octanol–water partition coefficient (Wildman–Crippen LogP) is 0.683.